The zero-order chi connectivity index (χ0) is 46.6. The van der Waals surface area contributed by atoms with Crippen LogP contribution in [-0.4, -0.2) is 84.2 Å². The average Bonchev–Trinajstić information content (AvgIpc) is 3.35. The van der Waals surface area contributed by atoms with Gasteiger partial charge in [0.2, 0.25) is 12.1 Å². The molecule has 1 saturated carbocycles. The maximum atomic E-state index is 14.8. The van der Waals surface area contributed by atoms with Crippen molar-refractivity contribution < 1.29 is 48.3 Å². The third-order valence-corrected chi connectivity index (χ3v) is 13.7. The Labute approximate surface area is 393 Å². The van der Waals surface area contributed by atoms with Gasteiger partial charge in [-0.1, -0.05) is 103 Å². The van der Waals surface area contributed by atoms with E-state index in [2.05, 4.69) is 36.2 Å². The molecule has 2 heterocycles. The molecule has 13 heteroatoms. The van der Waals surface area contributed by atoms with Crippen molar-refractivity contribution in [3.8, 4) is 11.5 Å². The molecule has 0 aromatic heterocycles. The molecular formula is C54H65N3O10. The Kier molecular flexibility index (Phi) is 16.3. The first-order valence-corrected chi connectivity index (χ1v) is 24.1. The summed E-state index contributed by atoms with van der Waals surface area (Å²) in [5.74, 6) is -1.57. The van der Waals surface area contributed by atoms with Crippen LogP contribution in [0.1, 0.15) is 93.7 Å². The van der Waals surface area contributed by atoms with Crippen LogP contribution in [0.15, 0.2) is 120 Å². The van der Waals surface area contributed by atoms with Gasteiger partial charge in [-0.15, -0.1) is 6.58 Å². The predicted octanol–water partition coefficient (Wildman–Crippen LogP) is 9.95. The van der Waals surface area contributed by atoms with Gasteiger partial charge in [-0.3, -0.25) is 4.90 Å². The Morgan fingerprint density at radius 2 is 1.75 bits per heavy atom. The molecule has 4 aliphatic rings. The van der Waals surface area contributed by atoms with Crippen LogP contribution in [0.3, 0.4) is 0 Å². The second kappa shape index (κ2) is 22.8. The molecule has 8 rings (SSSR count). The van der Waals surface area contributed by atoms with E-state index in [4.69, 9.17) is 33.7 Å². The topological polar surface area (TPSA) is 158 Å². The molecule has 356 valence electrons. The van der Waals surface area contributed by atoms with Crippen LogP contribution in [0.25, 0.3) is 10.8 Å². The SMILES string of the molecule is C=CCO[C@@]12Oc3ccc(OC(=O)NCc4ccccc4)cc3[C@H]3[C@H](CCCCO)[C@@H](CCCCO)C=C(C(=NOC4CCCCO4)C[C@@H]1N(Cc1cccc4ccccc14)C(=O)OCC)[C@H]32. The number of hydrogen-bond donors (Lipinski definition) is 3. The molecule has 2 aliphatic carbocycles. The zero-order valence-corrected chi connectivity index (χ0v) is 38.6. The summed E-state index contributed by atoms with van der Waals surface area (Å²) in [6.07, 6.45) is 9.47. The lowest BCUT2D eigenvalue weighted by Crippen LogP contribution is -2.70. The van der Waals surface area contributed by atoms with E-state index >= 15 is 0 Å². The monoisotopic (exact) mass is 915 g/mol. The number of nitrogens with zero attached hydrogens (tertiary/aromatic N) is 2. The summed E-state index contributed by atoms with van der Waals surface area (Å²) in [6.45, 7) is 7.29. The minimum Gasteiger partial charge on any atom is -0.459 e. The van der Waals surface area contributed by atoms with Gasteiger partial charge in [0.05, 0.1) is 38.0 Å². The number of carbonyl (C=O) groups excluding carboxylic acids is 2. The molecule has 4 aromatic carbocycles. The van der Waals surface area contributed by atoms with Gasteiger partial charge in [0, 0.05) is 44.1 Å². The van der Waals surface area contributed by atoms with E-state index in [0.717, 1.165) is 71.6 Å². The quantitative estimate of drug-likeness (QED) is 0.0443. The molecular weight excluding hydrogens is 851 g/mol. The van der Waals surface area contributed by atoms with Gasteiger partial charge in [-0.25, -0.2) is 9.59 Å². The highest BCUT2D eigenvalue weighted by Crippen LogP contribution is 2.62. The number of oxime groups is 1. The fourth-order valence-corrected chi connectivity index (χ4v) is 10.7. The van der Waals surface area contributed by atoms with E-state index in [9.17, 15) is 19.8 Å². The third kappa shape index (κ3) is 10.9. The molecule has 3 N–H and O–H groups in total. The van der Waals surface area contributed by atoms with Crippen LogP contribution in [0.5, 0.6) is 11.5 Å². The first-order valence-electron chi connectivity index (χ1n) is 24.1. The van der Waals surface area contributed by atoms with Gasteiger partial charge in [0.1, 0.15) is 17.5 Å². The number of allylic oxidation sites excluding steroid dienone is 1. The third-order valence-electron chi connectivity index (χ3n) is 13.7. The zero-order valence-electron chi connectivity index (χ0n) is 38.6. The average molecular weight is 916 g/mol. The fourth-order valence-electron chi connectivity index (χ4n) is 10.7. The highest BCUT2D eigenvalue weighted by Gasteiger charge is 2.66. The molecule has 1 unspecified atom stereocenters. The molecule has 2 amide bonds. The number of aliphatic hydroxyl groups is 2. The van der Waals surface area contributed by atoms with E-state index in [1.165, 1.54) is 0 Å². The van der Waals surface area contributed by atoms with E-state index in [0.29, 0.717) is 49.6 Å². The molecule has 2 aliphatic heterocycles. The van der Waals surface area contributed by atoms with E-state index in [1.54, 1.807) is 24.0 Å². The minimum atomic E-state index is -1.52. The summed E-state index contributed by atoms with van der Waals surface area (Å²) in [5.41, 5.74) is 4.23. The van der Waals surface area contributed by atoms with Crippen molar-refractivity contribution in [3.05, 3.63) is 132 Å². The Bertz CT molecular complexity index is 2360. The molecule has 7 atom stereocenters. The summed E-state index contributed by atoms with van der Waals surface area (Å²) >= 11 is 0. The fraction of sp³-hybridized carbons (Fsp3) is 0.463. The second-order valence-electron chi connectivity index (χ2n) is 17.9. The molecule has 13 nitrogen and oxygen atoms in total. The lowest BCUT2D eigenvalue weighted by atomic mass is 9.55. The number of amides is 2. The van der Waals surface area contributed by atoms with Crippen molar-refractivity contribution in [2.75, 3.05) is 33.0 Å². The van der Waals surface area contributed by atoms with Crippen molar-refractivity contribution in [1.82, 2.24) is 10.2 Å². The van der Waals surface area contributed by atoms with Crippen LogP contribution in [-0.2, 0) is 32.1 Å². The first-order chi connectivity index (χ1) is 32.9. The van der Waals surface area contributed by atoms with Crippen molar-refractivity contribution >= 4 is 28.7 Å². The summed E-state index contributed by atoms with van der Waals surface area (Å²) < 4.78 is 32.5. The van der Waals surface area contributed by atoms with E-state index in [-0.39, 0.29) is 57.1 Å². The van der Waals surface area contributed by atoms with Gasteiger partial charge in [-0.05, 0) is 103 Å². The molecule has 0 bridgehead atoms. The minimum absolute atomic E-state index is 0.00724. The number of ether oxygens (including phenoxy) is 5. The van der Waals surface area contributed by atoms with E-state index in [1.807, 2.05) is 66.7 Å². The Morgan fingerprint density at radius 3 is 2.52 bits per heavy atom. The number of fused-ring (bicyclic) bond motifs is 3. The van der Waals surface area contributed by atoms with Crippen LogP contribution in [0.2, 0.25) is 0 Å². The summed E-state index contributed by atoms with van der Waals surface area (Å²) in [4.78, 5) is 36.2. The largest absolute Gasteiger partial charge is 0.459 e. The molecule has 0 spiro atoms. The van der Waals surface area contributed by atoms with Gasteiger partial charge in [0.15, 0.2) is 0 Å². The first kappa shape index (κ1) is 47.8. The number of benzene rings is 4. The highest BCUT2D eigenvalue weighted by molar-refractivity contribution is 6.03. The molecule has 4 aromatic rings. The lowest BCUT2D eigenvalue weighted by molar-refractivity contribution is -0.256. The number of carbonyl (C=O) groups is 2. The number of nitrogens with one attached hydrogen (secondary N) is 1. The predicted molar refractivity (Wildman–Crippen MR) is 255 cm³/mol. The van der Waals surface area contributed by atoms with Crippen LogP contribution in [0.4, 0.5) is 9.59 Å². The maximum absolute atomic E-state index is 14.8. The van der Waals surface area contributed by atoms with Crippen molar-refractivity contribution in [2.24, 2.45) is 22.9 Å². The van der Waals surface area contributed by atoms with Crippen LogP contribution in [0, 0.1) is 17.8 Å². The summed E-state index contributed by atoms with van der Waals surface area (Å²) in [5, 5.41) is 29.9. The van der Waals surface area contributed by atoms with Crippen molar-refractivity contribution in [1.29, 1.82) is 0 Å². The molecule has 1 saturated heterocycles. The summed E-state index contributed by atoms with van der Waals surface area (Å²) in [6, 6.07) is 28.5. The lowest BCUT2D eigenvalue weighted by Gasteiger charge is -2.60. The number of hydrogen-bond acceptors (Lipinski definition) is 11. The maximum Gasteiger partial charge on any atom is 0.412 e. The Balaban J connectivity index is 1.31. The standard InChI is InChI=1S/C54H65N3O10/c1-3-30-64-54-48(57(53(61)62-4-2)36-40-22-16-21-38-19-8-9-23-42(38)40)34-46(56-67-49-25-12-15-31-63-49)44-32-39(20-10-13-28-58)43(24-11-14-29-59)50(51(44)54)45-33-41(26-27-47(45)66-54)65-52(60)55-35-37-17-6-5-7-18-37/h3,5-9,16-19,21-23,26-27,32-33,39,43,48-51,58-59H,1,4,10-15,20,24-25,28-31,34-36H2,2H3,(H,55,60)/t39-,43+,48-,49?,50+,51+,54+/m0/s1. The van der Waals surface area contributed by atoms with E-state index < -0.39 is 36.2 Å². The second-order valence-corrected chi connectivity index (χ2v) is 17.9. The summed E-state index contributed by atoms with van der Waals surface area (Å²) in [7, 11) is 0. The molecule has 0 radical (unpaired) electrons. The highest BCUT2D eigenvalue weighted by atomic mass is 16.8. The van der Waals surface area contributed by atoms with Gasteiger partial charge >= 0.3 is 12.2 Å². The Hall–Kier alpha value is -5.73. The van der Waals surface area contributed by atoms with Crippen molar-refractivity contribution in [2.45, 2.75) is 108 Å². The van der Waals surface area contributed by atoms with Gasteiger partial charge in [-0.2, -0.15) is 0 Å². The molecule has 2 fully saturated rings. The van der Waals surface area contributed by atoms with Crippen LogP contribution < -0.4 is 14.8 Å². The van der Waals surface area contributed by atoms with Crippen LogP contribution >= 0.6 is 0 Å². The molecule has 67 heavy (non-hydrogen) atoms. The van der Waals surface area contributed by atoms with Gasteiger partial charge < -0.3 is 44.1 Å². The smallest absolute Gasteiger partial charge is 0.412 e. The number of rotatable bonds is 20. The number of aliphatic hydroxyl groups excluding tert-OH is 2. The normalized spacial score (nSPS) is 24.6. The van der Waals surface area contributed by atoms with Gasteiger partial charge in [0.25, 0.3) is 0 Å². The van der Waals surface area contributed by atoms with Crippen molar-refractivity contribution in [3.63, 3.8) is 0 Å². The number of unbranched alkanes of at least 4 members (excludes halogenated alkanes) is 2. The Morgan fingerprint density at radius 1 is 0.955 bits per heavy atom.